The number of hydrogen-bond donors (Lipinski definition) is 1. The molecule has 1 N–H and O–H groups in total. The van der Waals surface area contributed by atoms with E-state index in [9.17, 15) is 9.90 Å². The van der Waals surface area contributed by atoms with E-state index in [0.717, 1.165) is 44.3 Å². The Bertz CT molecular complexity index is 625. The van der Waals surface area contributed by atoms with Crippen LogP contribution in [0.5, 0.6) is 0 Å². The van der Waals surface area contributed by atoms with Crippen LogP contribution in [0.3, 0.4) is 0 Å². The first-order chi connectivity index (χ1) is 12.8. The number of nitrogens with zero attached hydrogens (tertiary/aromatic N) is 2. The van der Waals surface area contributed by atoms with Crippen LogP contribution in [0.25, 0.3) is 0 Å². The topological polar surface area (TPSA) is 43.8 Å². The SMILES string of the molecule is CN1CCCC2(CC1)CCN(C(=O)c1ccc(CCC(C)(C)O)cc1)CC2. The molecule has 1 amide bonds. The first-order valence-electron chi connectivity index (χ1n) is 10.6. The molecule has 0 atom stereocenters. The van der Waals surface area contributed by atoms with E-state index >= 15 is 0 Å². The Labute approximate surface area is 164 Å². The standard InChI is InChI=1S/C23H36N2O2/c1-22(2,27)11-9-19-5-7-20(8-6-19)21(26)25-17-13-23(14-18-25)10-4-15-24(3)16-12-23/h5-8,27H,4,9-18H2,1-3H3. The van der Waals surface area contributed by atoms with E-state index in [1.165, 1.54) is 37.9 Å². The van der Waals surface area contributed by atoms with E-state index in [4.69, 9.17) is 0 Å². The highest BCUT2D eigenvalue weighted by Gasteiger charge is 2.36. The van der Waals surface area contributed by atoms with Crippen molar-refractivity contribution in [1.82, 2.24) is 9.80 Å². The zero-order valence-electron chi connectivity index (χ0n) is 17.3. The summed E-state index contributed by atoms with van der Waals surface area (Å²) in [6.07, 6.45) is 7.74. The van der Waals surface area contributed by atoms with Crippen LogP contribution in [0.1, 0.15) is 68.3 Å². The average Bonchev–Trinajstić information content (AvgIpc) is 2.82. The van der Waals surface area contributed by atoms with Gasteiger partial charge in [-0.3, -0.25) is 4.79 Å². The summed E-state index contributed by atoms with van der Waals surface area (Å²) >= 11 is 0. The molecular weight excluding hydrogens is 336 g/mol. The lowest BCUT2D eigenvalue weighted by Crippen LogP contribution is -2.43. The van der Waals surface area contributed by atoms with Crippen molar-refractivity contribution in [3.05, 3.63) is 35.4 Å². The van der Waals surface area contributed by atoms with Crippen molar-refractivity contribution in [2.45, 2.75) is 64.4 Å². The summed E-state index contributed by atoms with van der Waals surface area (Å²) in [4.78, 5) is 17.4. The maximum Gasteiger partial charge on any atom is 0.253 e. The van der Waals surface area contributed by atoms with Crippen molar-refractivity contribution < 1.29 is 9.90 Å². The number of amides is 1. The summed E-state index contributed by atoms with van der Waals surface area (Å²) < 4.78 is 0. The molecule has 0 unspecified atom stereocenters. The van der Waals surface area contributed by atoms with Crippen LogP contribution in [0.2, 0.25) is 0 Å². The average molecular weight is 373 g/mol. The molecule has 2 saturated heterocycles. The first kappa shape index (κ1) is 20.3. The quantitative estimate of drug-likeness (QED) is 0.876. The molecule has 2 aliphatic heterocycles. The molecule has 2 fully saturated rings. The van der Waals surface area contributed by atoms with E-state index in [0.29, 0.717) is 5.41 Å². The Balaban J connectivity index is 1.54. The minimum absolute atomic E-state index is 0.171. The number of carbonyl (C=O) groups excluding carboxylic acids is 1. The summed E-state index contributed by atoms with van der Waals surface area (Å²) in [5, 5.41) is 9.87. The highest BCUT2D eigenvalue weighted by atomic mass is 16.3. The molecule has 1 spiro atoms. The minimum Gasteiger partial charge on any atom is -0.390 e. The number of carbonyl (C=O) groups is 1. The van der Waals surface area contributed by atoms with Gasteiger partial charge in [0.25, 0.3) is 5.91 Å². The predicted octanol–water partition coefficient (Wildman–Crippen LogP) is 3.73. The van der Waals surface area contributed by atoms with E-state index < -0.39 is 5.60 Å². The molecule has 0 bridgehead atoms. The van der Waals surface area contributed by atoms with Gasteiger partial charge in [0, 0.05) is 18.7 Å². The third-order valence-corrected chi connectivity index (χ3v) is 6.61. The van der Waals surface area contributed by atoms with Gasteiger partial charge in [-0.15, -0.1) is 0 Å². The van der Waals surface area contributed by atoms with E-state index in [2.05, 4.69) is 11.9 Å². The molecule has 0 aliphatic carbocycles. The molecule has 0 radical (unpaired) electrons. The lowest BCUT2D eigenvalue weighted by Gasteiger charge is -2.41. The van der Waals surface area contributed by atoms with Gasteiger partial charge in [0.2, 0.25) is 0 Å². The summed E-state index contributed by atoms with van der Waals surface area (Å²) in [6.45, 7) is 7.86. The van der Waals surface area contributed by atoms with E-state index in [1.54, 1.807) is 0 Å². The number of aliphatic hydroxyl groups is 1. The molecule has 3 rings (SSSR count). The van der Waals surface area contributed by atoms with Crippen molar-refractivity contribution in [1.29, 1.82) is 0 Å². The number of rotatable bonds is 4. The molecule has 1 aromatic rings. The van der Waals surface area contributed by atoms with Gasteiger partial charge in [-0.2, -0.15) is 0 Å². The maximum absolute atomic E-state index is 12.9. The van der Waals surface area contributed by atoms with Crippen molar-refractivity contribution in [2.24, 2.45) is 5.41 Å². The Morgan fingerprint density at radius 2 is 1.67 bits per heavy atom. The summed E-state index contributed by atoms with van der Waals surface area (Å²) in [7, 11) is 2.23. The van der Waals surface area contributed by atoms with Crippen LogP contribution in [0.15, 0.2) is 24.3 Å². The van der Waals surface area contributed by atoms with Crippen LogP contribution in [0.4, 0.5) is 0 Å². The summed E-state index contributed by atoms with van der Waals surface area (Å²) in [5.41, 5.74) is 1.78. The zero-order chi connectivity index (χ0) is 19.5. The molecule has 0 saturated carbocycles. The number of hydrogen-bond acceptors (Lipinski definition) is 3. The fraction of sp³-hybridized carbons (Fsp3) is 0.696. The fourth-order valence-electron chi connectivity index (χ4n) is 4.52. The van der Waals surface area contributed by atoms with Gasteiger partial charge in [0.1, 0.15) is 0 Å². The van der Waals surface area contributed by atoms with Crippen molar-refractivity contribution in [2.75, 3.05) is 33.2 Å². The molecule has 27 heavy (non-hydrogen) atoms. The molecule has 2 aliphatic rings. The highest BCUT2D eigenvalue weighted by molar-refractivity contribution is 5.94. The van der Waals surface area contributed by atoms with Gasteiger partial charge < -0.3 is 14.9 Å². The van der Waals surface area contributed by atoms with Crippen molar-refractivity contribution in [3.8, 4) is 0 Å². The third kappa shape index (κ3) is 5.55. The monoisotopic (exact) mass is 372 g/mol. The lowest BCUT2D eigenvalue weighted by molar-refractivity contribution is 0.0542. The highest BCUT2D eigenvalue weighted by Crippen LogP contribution is 2.41. The van der Waals surface area contributed by atoms with Crippen LogP contribution in [-0.2, 0) is 6.42 Å². The lowest BCUT2D eigenvalue weighted by atomic mass is 9.73. The molecular formula is C23H36N2O2. The second-order valence-electron chi connectivity index (χ2n) is 9.46. The maximum atomic E-state index is 12.9. The van der Waals surface area contributed by atoms with Crippen molar-refractivity contribution >= 4 is 5.91 Å². The predicted molar refractivity (Wildman–Crippen MR) is 110 cm³/mol. The van der Waals surface area contributed by atoms with E-state index in [1.807, 2.05) is 43.0 Å². The summed E-state index contributed by atoms with van der Waals surface area (Å²) in [5.74, 6) is 0.171. The second-order valence-corrected chi connectivity index (χ2v) is 9.46. The normalized spacial score (nSPS) is 21.3. The number of aryl methyl sites for hydroxylation is 1. The van der Waals surface area contributed by atoms with Gasteiger partial charge in [0.05, 0.1) is 5.60 Å². The molecule has 2 heterocycles. The first-order valence-corrected chi connectivity index (χ1v) is 10.6. The Hall–Kier alpha value is -1.39. The third-order valence-electron chi connectivity index (χ3n) is 6.61. The zero-order valence-corrected chi connectivity index (χ0v) is 17.3. The van der Waals surface area contributed by atoms with Crippen LogP contribution in [-0.4, -0.2) is 59.6 Å². The largest absolute Gasteiger partial charge is 0.390 e. The van der Waals surface area contributed by atoms with E-state index in [-0.39, 0.29) is 5.91 Å². The molecule has 1 aromatic carbocycles. The van der Waals surface area contributed by atoms with Crippen LogP contribution < -0.4 is 0 Å². The summed E-state index contributed by atoms with van der Waals surface area (Å²) in [6, 6.07) is 7.97. The fourth-order valence-corrected chi connectivity index (χ4v) is 4.52. The molecule has 4 heteroatoms. The number of benzene rings is 1. The Kier molecular flexibility index (Phi) is 6.27. The smallest absolute Gasteiger partial charge is 0.253 e. The van der Waals surface area contributed by atoms with Gasteiger partial charge in [-0.05, 0) is 102 Å². The Morgan fingerprint density at radius 3 is 2.30 bits per heavy atom. The van der Waals surface area contributed by atoms with Crippen LogP contribution in [0, 0.1) is 5.41 Å². The van der Waals surface area contributed by atoms with Crippen LogP contribution >= 0.6 is 0 Å². The Morgan fingerprint density at radius 1 is 1.04 bits per heavy atom. The number of likely N-dealkylation sites (tertiary alicyclic amines) is 2. The van der Waals surface area contributed by atoms with Gasteiger partial charge in [-0.25, -0.2) is 0 Å². The minimum atomic E-state index is -0.648. The molecule has 0 aromatic heterocycles. The van der Waals surface area contributed by atoms with Crippen molar-refractivity contribution in [3.63, 3.8) is 0 Å². The molecule has 150 valence electrons. The van der Waals surface area contributed by atoms with Gasteiger partial charge >= 0.3 is 0 Å². The molecule has 4 nitrogen and oxygen atoms in total. The second kappa shape index (κ2) is 8.32. The van der Waals surface area contributed by atoms with Gasteiger partial charge in [0.15, 0.2) is 0 Å². The van der Waals surface area contributed by atoms with Gasteiger partial charge in [-0.1, -0.05) is 12.1 Å². The number of piperidine rings is 1.